The molecule has 0 unspecified atom stereocenters. The van der Waals surface area contributed by atoms with Crippen LogP contribution in [0.5, 0.6) is 5.75 Å². The number of anilines is 1. The Morgan fingerprint density at radius 2 is 1.56 bits per heavy atom. The molecule has 0 fully saturated rings. The molecule has 1 aromatic heterocycles. The number of aromatic nitrogens is 1. The number of urea groups is 1. The van der Waals surface area contributed by atoms with Crippen molar-refractivity contribution in [2.24, 2.45) is 0 Å². The second kappa shape index (κ2) is 7.97. The number of methoxy groups -OCH3 is 1. The summed E-state index contributed by atoms with van der Waals surface area (Å²) in [5.41, 5.74) is 2.56. The van der Waals surface area contributed by atoms with Crippen LogP contribution >= 0.6 is 0 Å². The standard InChI is InChI=1S/C20H19N3O2/c1-25-18-10-6-5-9-17(18)22-20(24)23-19(15-7-3-2-4-8-15)16-11-13-21-14-12-16/h2-14,19H,1H3,(H2,22,23,24)/t19-/m0/s1. The fourth-order valence-electron chi connectivity index (χ4n) is 2.60. The van der Waals surface area contributed by atoms with Gasteiger partial charge in [-0.25, -0.2) is 4.79 Å². The monoisotopic (exact) mass is 333 g/mol. The zero-order chi connectivity index (χ0) is 17.5. The third-order valence-corrected chi connectivity index (χ3v) is 3.80. The maximum absolute atomic E-state index is 12.5. The minimum Gasteiger partial charge on any atom is -0.495 e. The predicted octanol–water partition coefficient (Wildman–Crippen LogP) is 4.00. The summed E-state index contributed by atoms with van der Waals surface area (Å²) in [6, 6.07) is 20.3. The number of hydrogen-bond acceptors (Lipinski definition) is 3. The van der Waals surface area contributed by atoms with Gasteiger partial charge in [0.2, 0.25) is 0 Å². The van der Waals surface area contributed by atoms with E-state index in [4.69, 9.17) is 4.74 Å². The molecule has 5 nitrogen and oxygen atoms in total. The Labute approximate surface area is 146 Å². The molecule has 0 aliphatic heterocycles. The van der Waals surface area contributed by atoms with Crippen LogP contribution in [0.1, 0.15) is 17.2 Å². The number of carbonyl (C=O) groups is 1. The molecule has 1 heterocycles. The van der Waals surface area contributed by atoms with E-state index < -0.39 is 0 Å². The first-order chi connectivity index (χ1) is 12.3. The molecular formula is C20H19N3O2. The normalized spacial score (nSPS) is 11.4. The van der Waals surface area contributed by atoms with Crippen molar-refractivity contribution in [2.45, 2.75) is 6.04 Å². The van der Waals surface area contributed by atoms with Crippen molar-refractivity contribution in [2.75, 3.05) is 12.4 Å². The molecular weight excluding hydrogens is 314 g/mol. The summed E-state index contributed by atoms with van der Waals surface area (Å²) in [7, 11) is 1.57. The van der Waals surface area contributed by atoms with Crippen molar-refractivity contribution in [3.05, 3.63) is 90.3 Å². The molecule has 0 spiro atoms. The quantitative estimate of drug-likeness (QED) is 0.742. The molecule has 3 aromatic rings. The summed E-state index contributed by atoms with van der Waals surface area (Å²) in [5.74, 6) is 0.609. The predicted molar refractivity (Wildman–Crippen MR) is 97.7 cm³/mol. The van der Waals surface area contributed by atoms with Crippen LogP contribution < -0.4 is 15.4 Å². The molecule has 1 atom stereocenters. The number of para-hydroxylation sites is 2. The van der Waals surface area contributed by atoms with E-state index in [1.54, 1.807) is 31.6 Å². The first-order valence-electron chi connectivity index (χ1n) is 7.93. The highest BCUT2D eigenvalue weighted by Gasteiger charge is 2.17. The highest BCUT2D eigenvalue weighted by atomic mass is 16.5. The van der Waals surface area contributed by atoms with Crippen LogP contribution in [0, 0.1) is 0 Å². The number of rotatable bonds is 5. The van der Waals surface area contributed by atoms with E-state index in [0.717, 1.165) is 11.1 Å². The highest BCUT2D eigenvalue weighted by molar-refractivity contribution is 5.91. The number of pyridine rings is 1. The van der Waals surface area contributed by atoms with Crippen molar-refractivity contribution >= 4 is 11.7 Å². The van der Waals surface area contributed by atoms with Gasteiger partial charge in [0.05, 0.1) is 18.8 Å². The van der Waals surface area contributed by atoms with Crippen LogP contribution in [0.25, 0.3) is 0 Å². The molecule has 2 N–H and O–H groups in total. The van der Waals surface area contributed by atoms with Gasteiger partial charge in [0, 0.05) is 12.4 Å². The van der Waals surface area contributed by atoms with E-state index in [2.05, 4.69) is 15.6 Å². The van der Waals surface area contributed by atoms with Crippen molar-refractivity contribution in [3.63, 3.8) is 0 Å². The summed E-state index contributed by atoms with van der Waals surface area (Å²) in [6.07, 6.45) is 3.43. The zero-order valence-electron chi connectivity index (χ0n) is 13.8. The van der Waals surface area contributed by atoms with Gasteiger partial charge in [0.25, 0.3) is 0 Å². The molecule has 3 rings (SSSR count). The Hall–Kier alpha value is -3.34. The van der Waals surface area contributed by atoms with E-state index in [1.165, 1.54) is 0 Å². The number of nitrogens with zero attached hydrogens (tertiary/aromatic N) is 1. The van der Waals surface area contributed by atoms with E-state index in [1.807, 2.05) is 54.6 Å². The van der Waals surface area contributed by atoms with Crippen molar-refractivity contribution < 1.29 is 9.53 Å². The number of ether oxygens (including phenoxy) is 1. The van der Waals surface area contributed by atoms with Gasteiger partial charge in [-0.3, -0.25) is 4.98 Å². The smallest absolute Gasteiger partial charge is 0.320 e. The second-order valence-electron chi connectivity index (χ2n) is 5.42. The van der Waals surface area contributed by atoms with Gasteiger partial charge in [-0.15, -0.1) is 0 Å². The van der Waals surface area contributed by atoms with Gasteiger partial charge < -0.3 is 15.4 Å². The fraction of sp³-hybridized carbons (Fsp3) is 0.100. The summed E-state index contributed by atoms with van der Waals surface area (Å²) in [6.45, 7) is 0. The third-order valence-electron chi connectivity index (χ3n) is 3.80. The van der Waals surface area contributed by atoms with E-state index >= 15 is 0 Å². The minimum absolute atomic E-state index is 0.279. The molecule has 0 radical (unpaired) electrons. The van der Waals surface area contributed by atoms with Crippen LogP contribution in [0.4, 0.5) is 10.5 Å². The lowest BCUT2D eigenvalue weighted by molar-refractivity contribution is 0.250. The Balaban J connectivity index is 1.82. The first-order valence-corrected chi connectivity index (χ1v) is 7.93. The van der Waals surface area contributed by atoms with Crippen LogP contribution in [0.3, 0.4) is 0 Å². The molecule has 0 aliphatic carbocycles. The molecule has 5 heteroatoms. The summed E-state index contributed by atoms with van der Waals surface area (Å²) >= 11 is 0. The van der Waals surface area contributed by atoms with E-state index in [0.29, 0.717) is 11.4 Å². The first kappa shape index (κ1) is 16.5. The Kier molecular flexibility index (Phi) is 5.26. The third kappa shape index (κ3) is 4.14. The molecule has 126 valence electrons. The average Bonchev–Trinajstić information content (AvgIpc) is 2.68. The van der Waals surface area contributed by atoms with E-state index in [9.17, 15) is 4.79 Å². The van der Waals surface area contributed by atoms with Crippen LogP contribution in [-0.2, 0) is 0 Å². The molecule has 2 amide bonds. The topological polar surface area (TPSA) is 63.2 Å². The van der Waals surface area contributed by atoms with Gasteiger partial charge in [0.15, 0.2) is 0 Å². The Bertz CT molecular complexity index is 783. The maximum Gasteiger partial charge on any atom is 0.320 e. The van der Waals surface area contributed by atoms with Crippen molar-refractivity contribution in [3.8, 4) is 5.75 Å². The lowest BCUT2D eigenvalue weighted by Gasteiger charge is -2.20. The Morgan fingerprint density at radius 3 is 2.28 bits per heavy atom. The summed E-state index contributed by atoms with van der Waals surface area (Å²) < 4.78 is 5.27. The molecule has 25 heavy (non-hydrogen) atoms. The van der Waals surface area contributed by atoms with Gasteiger partial charge in [-0.2, -0.15) is 0 Å². The van der Waals surface area contributed by atoms with Gasteiger partial charge in [-0.05, 0) is 35.4 Å². The molecule has 0 saturated carbocycles. The van der Waals surface area contributed by atoms with E-state index in [-0.39, 0.29) is 12.1 Å². The SMILES string of the molecule is COc1ccccc1NC(=O)N[C@@H](c1ccccc1)c1ccncc1. The minimum atomic E-state index is -0.310. The number of amides is 2. The van der Waals surface area contributed by atoms with Crippen molar-refractivity contribution in [1.82, 2.24) is 10.3 Å². The number of hydrogen-bond donors (Lipinski definition) is 2. The largest absolute Gasteiger partial charge is 0.495 e. The number of nitrogens with one attached hydrogen (secondary N) is 2. The van der Waals surface area contributed by atoms with Crippen LogP contribution in [-0.4, -0.2) is 18.1 Å². The van der Waals surface area contributed by atoms with Crippen molar-refractivity contribution in [1.29, 1.82) is 0 Å². The van der Waals surface area contributed by atoms with Gasteiger partial charge in [-0.1, -0.05) is 42.5 Å². The highest BCUT2D eigenvalue weighted by Crippen LogP contribution is 2.24. The summed E-state index contributed by atoms with van der Waals surface area (Å²) in [5, 5.41) is 5.86. The molecule has 0 saturated heterocycles. The molecule has 0 aliphatic rings. The number of carbonyl (C=O) groups excluding carboxylic acids is 1. The van der Waals surface area contributed by atoms with Gasteiger partial charge in [0.1, 0.15) is 5.75 Å². The fourth-order valence-corrected chi connectivity index (χ4v) is 2.60. The zero-order valence-corrected chi connectivity index (χ0v) is 13.8. The van der Waals surface area contributed by atoms with Gasteiger partial charge >= 0.3 is 6.03 Å². The van der Waals surface area contributed by atoms with Crippen LogP contribution in [0.15, 0.2) is 79.1 Å². The lowest BCUT2D eigenvalue weighted by Crippen LogP contribution is -2.33. The molecule has 2 aromatic carbocycles. The summed E-state index contributed by atoms with van der Waals surface area (Å²) in [4.78, 5) is 16.6. The second-order valence-corrected chi connectivity index (χ2v) is 5.42. The maximum atomic E-state index is 12.5. The lowest BCUT2D eigenvalue weighted by atomic mass is 10.00. The average molecular weight is 333 g/mol. The number of benzene rings is 2. The Morgan fingerprint density at radius 1 is 0.920 bits per heavy atom. The molecule has 0 bridgehead atoms. The van der Waals surface area contributed by atoms with Crippen LogP contribution in [0.2, 0.25) is 0 Å².